The molecule has 3 aromatic rings. The lowest BCUT2D eigenvalue weighted by atomic mass is 9.84. The fourth-order valence-electron chi connectivity index (χ4n) is 5.78. The summed E-state index contributed by atoms with van der Waals surface area (Å²) in [6, 6.07) is 10.2. The predicted octanol–water partition coefficient (Wildman–Crippen LogP) is 4.00. The number of rotatable bonds is 4. The number of halogens is 1. The fraction of sp³-hybridized carbons (Fsp3) is 0.423. The second-order valence-corrected chi connectivity index (χ2v) is 10.3. The first-order chi connectivity index (χ1) is 16.1. The molecule has 0 aliphatic carbocycles. The van der Waals surface area contributed by atoms with Gasteiger partial charge in [-0.1, -0.05) is 6.07 Å². The first-order valence-electron chi connectivity index (χ1n) is 11.6. The molecule has 8 heteroatoms. The number of hydrogen-bond donors (Lipinski definition) is 3. The van der Waals surface area contributed by atoms with Crippen LogP contribution in [0.1, 0.15) is 49.9 Å². The number of phenols is 1. The van der Waals surface area contributed by atoms with E-state index in [1.54, 1.807) is 12.1 Å². The summed E-state index contributed by atoms with van der Waals surface area (Å²) >= 11 is 0. The minimum Gasteiger partial charge on any atom is -0.507 e. The van der Waals surface area contributed by atoms with Gasteiger partial charge < -0.3 is 20.6 Å². The topological polar surface area (TPSA) is 90.4 Å². The zero-order chi connectivity index (χ0) is 24.3. The zero-order valence-corrected chi connectivity index (χ0v) is 19.9. The number of anilines is 1. The predicted molar refractivity (Wildman–Crippen MR) is 131 cm³/mol. The third-order valence-corrected chi connectivity index (χ3v) is 7.58. The SMILES string of the molecule is CNC(=O)c1ccc2cc(-c3ccc(N(C)C4C[C@]5(C)CC[C@](C)(C4)N5)nn3)c(O)cc2c1F. The van der Waals surface area contributed by atoms with E-state index in [2.05, 4.69) is 46.6 Å². The van der Waals surface area contributed by atoms with Crippen molar-refractivity contribution in [3.05, 3.63) is 47.8 Å². The lowest BCUT2D eigenvalue weighted by Crippen LogP contribution is -2.58. The third-order valence-electron chi connectivity index (χ3n) is 7.58. The van der Waals surface area contributed by atoms with Gasteiger partial charge in [0.05, 0.1) is 11.3 Å². The molecule has 0 radical (unpaired) electrons. The van der Waals surface area contributed by atoms with Gasteiger partial charge in [0, 0.05) is 42.2 Å². The molecule has 0 saturated carbocycles. The largest absolute Gasteiger partial charge is 0.507 e. The molecular weight excluding hydrogens is 433 g/mol. The van der Waals surface area contributed by atoms with Crippen LogP contribution in [0.3, 0.4) is 0 Å². The Morgan fingerprint density at radius 3 is 2.47 bits per heavy atom. The summed E-state index contributed by atoms with van der Waals surface area (Å²) < 4.78 is 14.8. The van der Waals surface area contributed by atoms with E-state index in [-0.39, 0.29) is 27.8 Å². The van der Waals surface area contributed by atoms with Crippen molar-refractivity contribution < 1.29 is 14.3 Å². The van der Waals surface area contributed by atoms with Gasteiger partial charge in [0.1, 0.15) is 11.6 Å². The normalized spacial score (nSPS) is 26.0. The number of fused-ring (bicyclic) bond motifs is 3. The first-order valence-corrected chi connectivity index (χ1v) is 11.6. The molecule has 2 aliphatic heterocycles. The summed E-state index contributed by atoms with van der Waals surface area (Å²) in [4.78, 5) is 14.1. The van der Waals surface area contributed by atoms with E-state index in [1.165, 1.54) is 32.0 Å². The summed E-state index contributed by atoms with van der Waals surface area (Å²) in [7, 11) is 3.51. The monoisotopic (exact) mass is 463 g/mol. The quantitative estimate of drug-likeness (QED) is 0.542. The molecule has 2 bridgehead atoms. The van der Waals surface area contributed by atoms with Gasteiger partial charge in [-0.05, 0) is 75.2 Å². The van der Waals surface area contributed by atoms with Crippen LogP contribution in [0.4, 0.5) is 10.2 Å². The first kappa shape index (κ1) is 22.5. The van der Waals surface area contributed by atoms with Crippen LogP contribution in [0.5, 0.6) is 5.75 Å². The van der Waals surface area contributed by atoms with Gasteiger partial charge in [0.25, 0.3) is 5.91 Å². The summed E-state index contributed by atoms with van der Waals surface area (Å²) in [6.07, 6.45) is 4.48. The molecule has 7 nitrogen and oxygen atoms in total. The molecule has 0 spiro atoms. The third kappa shape index (κ3) is 3.76. The van der Waals surface area contributed by atoms with Crippen LogP contribution in [-0.4, -0.2) is 52.4 Å². The van der Waals surface area contributed by atoms with Crippen molar-refractivity contribution >= 4 is 22.5 Å². The molecule has 1 aromatic heterocycles. The Balaban J connectivity index is 1.42. The van der Waals surface area contributed by atoms with Crippen molar-refractivity contribution in [2.24, 2.45) is 0 Å². The molecule has 2 fully saturated rings. The van der Waals surface area contributed by atoms with E-state index in [1.807, 2.05) is 12.1 Å². The highest BCUT2D eigenvalue weighted by Gasteiger charge is 2.49. The van der Waals surface area contributed by atoms with Gasteiger partial charge >= 0.3 is 0 Å². The standard InChI is InChI=1S/C26H30FN5O2/c1-25-9-10-26(2,31-25)14-16(13-25)32(4)22-8-7-20(29-30-22)19-11-15-5-6-17(24(34)28-3)23(27)18(15)12-21(19)33/h5-8,11-12,16,31,33H,9-10,13-14H2,1-4H3,(H,28,34)/t16?,25-,26+. The summed E-state index contributed by atoms with van der Waals surface area (Å²) in [5.74, 6) is -0.520. The molecule has 178 valence electrons. The van der Waals surface area contributed by atoms with Crippen LogP contribution in [0.15, 0.2) is 36.4 Å². The number of nitrogens with one attached hydrogen (secondary N) is 2. The van der Waals surface area contributed by atoms with Gasteiger partial charge in [0.2, 0.25) is 0 Å². The second kappa shape index (κ2) is 7.91. The summed E-state index contributed by atoms with van der Waals surface area (Å²) in [6.45, 7) is 4.60. The number of phenolic OH excluding ortho intramolecular Hbond substituents is 1. The lowest BCUT2D eigenvalue weighted by molar-refractivity contribution is 0.0959. The molecular formula is C26H30FN5O2. The Morgan fingerprint density at radius 1 is 1.15 bits per heavy atom. The maximum absolute atomic E-state index is 14.8. The van der Waals surface area contributed by atoms with Gasteiger partial charge in [-0.15, -0.1) is 10.2 Å². The second-order valence-electron chi connectivity index (χ2n) is 10.3. The molecule has 1 unspecified atom stereocenters. The van der Waals surface area contributed by atoms with Gasteiger partial charge in [-0.25, -0.2) is 4.39 Å². The van der Waals surface area contributed by atoms with Crippen molar-refractivity contribution in [3.8, 4) is 17.0 Å². The molecule has 3 atom stereocenters. The smallest absolute Gasteiger partial charge is 0.254 e. The number of carbonyl (C=O) groups is 1. The van der Waals surface area contributed by atoms with E-state index in [0.717, 1.165) is 18.7 Å². The van der Waals surface area contributed by atoms with Crippen LogP contribution in [0.25, 0.3) is 22.0 Å². The maximum Gasteiger partial charge on any atom is 0.254 e. The molecule has 3 heterocycles. The average molecular weight is 464 g/mol. The maximum atomic E-state index is 14.8. The van der Waals surface area contributed by atoms with Crippen molar-refractivity contribution in [1.82, 2.24) is 20.8 Å². The van der Waals surface area contributed by atoms with E-state index < -0.39 is 11.7 Å². The van der Waals surface area contributed by atoms with Crippen molar-refractivity contribution in [3.63, 3.8) is 0 Å². The Bertz CT molecular complexity index is 1260. The highest BCUT2D eigenvalue weighted by atomic mass is 19.1. The highest BCUT2D eigenvalue weighted by molar-refractivity contribution is 6.00. The molecule has 2 aromatic carbocycles. The molecule has 2 aliphatic rings. The molecule has 2 saturated heterocycles. The van der Waals surface area contributed by atoms with Gasteiger partial charge in [-0.3, -0.25) is 4.79 Å². The van der Waals surface area contributed by atoms with Crippen LogP contribution in [-0.2, 0) is 0 Å². The van der Waals surface area contributed by atoms with Crippen LogP contribution < -0.4 is 15.5 Å². The number of hydrogen-bond acceptors (Lipinski definition) is 6. The summed E-state index contributed by atoms with van der Waals surface area (Å²) in [5.41, 5.74) is 1.20. The van der Waals surface area contributed by atoms with E-state index in [0.29, 0.717) is 22.7 Å². The molecule has 3 N–H and O–H groups in total. The van der Waals surface area contributed by atoms with Crippen molar-refractivity contribution in [1.29, 1.82) is 0 Å². The minimum atomic E-state index is -0.667. The Labute approximate surface area is 198 Å². The van der Waals surface area contributed by atoms with Crippen LogP contribution in [0, 0.1) is 5.82 Å². The number of aromatic nitrogens is 2. The average Bonchev–Trinajstić information content (AvgIpc) is 3.05. The van der Waals surface area contributed by atoms with Crippen LogP contribution >= 0.6 is 0 Å². The Hall–Kier alpha value is -3.26. The Morgan fingerprint density at radius 2 is 1.85 bits per heavy atom. The number of aromatic hydroxyl groups is 1. The van der Waals surface area contributed by atoms with Crippen molar-refractivity contribution in [2.75, 3.05) is 19.0 Å². The van der Waals surface area contributed by atoms with E-state index in [9.17, 15) is 14.3 Å². The fourth-order valence-corrected chi connectivity index (χ4v) is 5.78. The van der Waals surface area contributed by atoms with E-state index >= 15 is 0 Å². The number of piperidine rings is 1. The van der Waals surface area contributed by atoms with Crippen LogP contribution in [0.2, 0.25) is 0 Å². The number of carbonyl (C=O) groups excluding carboxylic acids is 1. The lowest BCUT2D eigenvalue weighted by Gasteiger charge is -2.45. The number of nitrogens with zero attached hydrogens (tertiary/aromatic N) is 3. The minimum absolute atomic E-state index is 0.0663. The zero-order valence-electron chi connectivity index (χ0n) is 19.9. The van der Waals surface area contributed by atoms with E-state index in [4.69, 9.17) is 0 Å². The van der Waals surface area contributed by atoms with Gasteiger partial charge in [-0.2, -0.15) is 0 Å². The summed E-state index contributed by atoms with van der Waals surface area (Å²) in [5, 5.41) is 26.4. The molecule has 34 heavy (non-hydrogen) atoms. The Kier molecular flexibility index (Phi) is 5.24. The molecule has 1 amide bonds. The highest BCUT2D eigenvalue weighted by Crippen LogP contribution is 2.44. The molecule has 5 rings (SSSR count). The number of benzene rings is 2. The van der Waals surface area contributed by atoms with Crippen molar-refractivity contribution in [2.45, 2.75) is 56.7 Å². The number of amides is 1. The van der Waals surface area contributed by atoms with Gasteiger partial charge in [0.15, 0.2) is 5.82 Å².